The number of ether oxygens (including phenoxy) is 3. The van der Waals surface area contributed by atoms with Crippen LogP contribution in [0.2, 0.25) is 0 Å². The Kier molecular flexibility index (Phi) is 9.31. The number of rotatable bonds is 11. The molecule has 6 heteroatoms. The Balaban J connectivity index is 1.98. The van der Waals surface area contributed by atoms with E-state index in [0.717, 1.165) is 16.6 Å². The van der Waals surface area contributed by atoms with Crippen molar-refractivity contribution in [3.8, 4) is 11.5 Å². The van der Waals surface area contributed by atoms with Gasteiger partial charge in [-0.2, -0.15) is 0 Å². The Labute approximate surface area is 175 Å². The topological polar surface area (TPSA) is 56.8 Å². The summed E-state index contributed by atoms with van der Waals surface area (Å²) in [5.41, 5.74) is 1.19. The Morgan fingerprint density at radius 3 is 2.46 bits per heavy atom. The van der Waals surface area contributed by atoms with Gasteiger partial charge in [-0.3, -0.25) is 4.79 Å². The van der Waals surface area contributed by atoms with Crippen LogP contribution < -0.4 is 14.8 Å². The predicted molar refractivity (Wildman–Crippen MR) is 115 cm³/mol. The van der Waals surface area contributed by atoms with Gasteiger partial charge in [-0.25, -0.2) is 0 Å². The van der Waals surface area contributed by atoms with Gasteiger partial charge in [0.15, 0.2) is 0 Å². The highest BCUT2D eigenvalue weighted by Crippen LogP contribution is 2.25. The third-order valence-corrected chi connectivity index (χ3v) is 4.44. The molecular weight excluding hydrogens is 422 g/mol. The maximum atomic E-state index is 12.8. The van der Waals surface area contributed by atoms with Gasteiger partial charge in [0.05, 0.1) is 18.8 Å². The van der Waals surface area contributed by atoms with Crippen molar-refractivity contribution >= 4 is 27.5 Å². The highest BCUT2D eigenvalue weighted by atomic mass is 79.9. The molecule has 0 saturated heterocycles. The van der Waals surface area contributed by atoms with Crippen molar-refractivity contribution < 1.29 is 19.0 Å². The van der Waals surface area contributed by atoms with Gasteiger partial charge in [0.1, 0.15) is 18.1 Å². The molecule has 152 valence electrons. The lowest BCUT2D eigenvalue weighted by molar-refractivity contribution is 0.102. The zero-order valence-electron chi connectivity index (χ0n) is 16.7. The van der Waals surface area contributed by atoms with Crippen molar-refractivity contribution in [3.05, 3.63) is 52.5 Å². The zero-order chi connectivity index (χ0) is 20.4. The van der Waals surface area contributed by atoms with E-state index in [1.165, 1.54) is 0 Å². The van der Waals surface area contributed by atoms with Crippen molar-refractivity contribution in [1.82, 2.24) is 0 Å². The average Bonchev–Trinajstić information content (AvgIpc) is 2.67. The van der Waals surface area contributed by atoms with Crippen LogP contribution in [-0.4, -0.2) is 32.3 Å². The van der Waals surface area contributed by atoms with Crippen LogP contribution in [0.4, 0.5) is 5.69 Å². The molecule has 1 amide bonds. The number of carbonyl (C=O) groups is 1. The number of hydrogen-bond donors (Lipinski definition) is 1. The monoisotopic (exact) mass is 449 g/mol. The molecule has 0 fully saturated rings. The molecule has 0 spiro atoms. The molecule has 0 bridgehead atoms. The molecule has 0 unspecified atom stereocenters. The number of anilines is 1. The first-order chi connectivity index (χ1) is 13.5. The van der Waals surface area contributed by atoms with Gasteiger partial charge in [0.2, 0.25) is 0 Å². The van der Waals surface area contributed by atoms with E-state index in [-0.39, 0.29) is 5.91 Å². The van der Waals surface area contributed by atoms with Crippen molar-refractivity contribution in [1.29, 1.82) is 0 Å². The SMILES string of the molecule is CCOCCOc1ccc(NC(=O)c2cc(Br)ccc2OCCC(C)C)cc1. The van der Waals surface area contributed by atoms with Crippen molar-refractivity contribution in [2.24, 2.45) is 5.92 Å². The molecule has 2 aromatic rings. The summed E-state index contributed by atoms with van der Waals surface area (Å²) in [6, 6.07) is 12.7. The second-order valence-corrected chi connectivity index (χ2v) is 7.61. The van der Waals surface area contributed by atoms with Crippen LogP contribution >= 0.6 is 15.9 Å². The fourth-order valence-corrected chi connectivity index (χ4v) is 2.77. The first kappa shape index (κ1) is 22.2. The summed E-state index contributed by atoms with van der Waals surface area (Å²) in [5, 5.41) is 2.91. The molecule has 0 aliphatic rings. The molecule has 0 atom stereocenters. The summed E-state index contributed by atoms with van der Waals surface area (Å²) in [5.74, 6) is 1.64. The van der Waals surface area contributed by atoms with Crippen LogP contribution in [0.5, 0.6) is 11.5 Å². The van der Waals surface area contributed by atoms with E-state index in [4.69, 9.17) is 14.2 Å². The molecule has 0 aliphatic heterocycles. The molecule has 0 aliphatic carbocycles. The Hall–Kier alpha value is -2.05. The molecular formula is C22H28BrNO4. The maximum absolute atomic E-state index is 12.8. The standard InChI is InChI=1S/C22H28BrNO4/c1-4-26-13-14-27-19-8-6-18(7-9-19)24-22(25)20-15-17(23)5-10-21(20)28-12-11-16(2)3/h5-10,15-16H,4,11-14H2,1-3H3,(H,24,25). The molecule has 2 rings (SSSR count). The minimum Gasteiger partial charge on any atom is -0.493 e. The number of carbonyl (C=O) groups excluding carboxylic acids is 1. The van der Waals surface area contributed by atoms with Crippen LogP contribution in [0.15, 0.2) is 46.9 Å². The highest BCUT2D eigenvalue weighted by molar-refractivity contribution is 9.10. The van der Waals surface area contributed by atoms with Gasteiger partial charge in [0, 0.05) is 16.8 Å². The molecule has 1 N–H and O–H groups in total. The normalized spacial score (nSPS) is 10.8. The largest absolute Gasteiger partial charge is 0.493 e. The quantitative estimate of drug-likeness (QED) is 0.457. The zero-order valence-corrected chi connectivity index (χ0v) is 18.3. The fraction of sp³-hybridized carbons (Fsp3) is 0.409. The van der Waals surface area contributed by atoms with E-state index in [1.807, 2.05) is 43.3 Å². The van der Waals surface area contributed by atoms with Crippen molar-refractivity contribution in [2.45, 2.75) is 27.2 Å². The van der Waals surface area contributed by atoms with Crippen molar-refractivity contribution in [3.63, 3.8) is 0 Å². The summed E-state index contributed by atoms with van der Waals surface area (Å²) in [7, 11) is 0. The third kappa shape index (κ3) is 7.52. The fourth-order valence-electron chi connectivity index (χ4n) is 2.41. The summed E-state index contributed by atoms with van der Waals surface area (Å²) in [4.78, 5) is 12.8. The maximum Gasteiger partial charge on any atom is 0.259 e. The van der Waals surface area contributed by atoms with E-state index < -0.39 is 0 Å². The lowest BCUT2D eigenvalue weighted by Gasteiger charge is -2.13. The molecule has 0 heterocycles. The van der Waals surface area contributed by atoms with Gasteiger partial charge in [-0.05, 0) is 61.7 Å². The van der Waals surface area contributed by atoms with E-state index in [2.05, 4.69) is 35.1 Å². The molecule has 0 radical (unpaired) electrons. The Morgan fingerprint density at radius 1 is 1.04 bits per heavy atom. The summed E-state index contributed by atoms with van der Waals surface area (Å²) in [6.07, 6.45) is 0.932. The van der Waals surface area contributed by atoms with Gasteiger partial charge >= 0.3 is 0 Å². The van der Waals surface area contributed by atoms with Crippen molar-refractivity contribution in [2.75, 3.05) is 31.7 Å². The molecule has 5 nitrogen and oxygen atoms in total. The Morgan fingerprint density at radius 2 is 1.79 bits per heavy atom. The summed E-state index contributed by atoms with van der Waals surface area (Å²) < 4.78 is 17.5. The number of hydrogen-bond acceptors (Lipinski definition) is 4. The minimum atomic E-state index is -0.217. The lowest BCUT2D eigenvalue weighted by Crippen LogP contribution is -2.14. The van der Waals surface area contributed by atoms with Gasteiger partial charge in [-0.1, -0.05) is 29.8 Å². The van der Waals surface area contributed by atoms with E-state index in [1.54, 1.807) is 6.07 Å². The number of benzene rings is 2. The summed E-state index contributed by atoms with van der Waals surface area (Å²) in [6.45, 7) is 8.53. The first-order valence-corrected chi connectivity index (χ1v) is 10.3. The van der Waals surface area contributed by atoms with Gasteiger partial charge in [0.25, 0.3) is 5.91 Å². The smallest absolute Gasteiger partial charge is 0.259 e. The minimum absolute atomic E-state index is 0.217. The lowest BCUT2D eigenvalue weighted by atomic mass is 10.1. The predicted octanol–water partition coefficient (Wildman–Crippen LogP) is 5.54. The molecule has 28 heavy (non-hydrogen) atoms. The second-order valence-electron chi connectivity index (χ2n) is 6.70. The van der Waals surface area contributed by atoms with Gasteiger partial charge < -0.3 is 19.5 Å². The van der Waals surface area contributed by atoms with E-state index in [0.29, 0.717) is 49.3 Å². The van der Waals surface area contributed by atoms with Crippen LogP contribution in [-0.2, 0) is 4.74 Å². The molecule has 2 aromatic carbocycles. The highest BCUT2D eigenvalue weighted by Gasteiger charge is 2.14. The molecule has 0 saturated carbocycles. The average molecular weight is 450 g/mol. The van der Waals surface area contributed by atoms with Crippen LogP contribution in [0.3, 0.4) is 0 Å². The van der Waals surface area contributed by atoms with Crippen LogP contribution in [0, 0.1) is 5.92 Å². The van der Waals surface area contributed by atoms with Crippen LogP contribution in [0.25, 0.3) is 0 Å². The number of nitrogens with one attached hydrogen (secondary N) is 1. The summed E-state index contributed by atoms with van der Waals surface area (Å²) >= 11 is 3.42. The van der Waals surface area contributed by atoms with E-state index >= 15 is 0 Å². The van der Waals surface area contributed by atoms with Gasteiger partial charge in [-0.15, -0.1) is 0 Å². The van der Waals surface area contributed by atoms with Crippen LogP contribution in [0.1, 0.15) is 37.6 Å². The first-order valence-electron chi connectivity index (χ1n) is 9.54. The third-order valence-electron chi connectivity index (χ3n) is 3.95. The second kappa shape index (κ2) is 11.7. The van der Waals surface area contributed by atoms with E-state index in [9.17, 15) is 4.79 Å². The Bertz CT molecular complexity index is 747. The number of amides is 1. The molecule has 0 aromatic heterocycles. The number of halogens is 1.